The third-order valence-corrected chi connectivity index (χ3v) is 5.33. The molecule has 0 saturated carbocycles. The fourth-order valence-corrected chi connectivity index (χ4v) is 3.98. The number of hydrogen-bond donors (Lipinski definition) is 3. The van der Waals surface area contributed by atoms with E-state index in [-0.39, 0.29) is 28.7 Å². The Morgan fingerprint density at radius 1 is 1.16 bits per heavy atom. The van der Waals surface area contributed by atoms with E-state index < -0.39 is 22.0 Å². The normalized spacial score (nSPS) is 12.5. The second kappa shape index (κ2) is 9.74. The molecule has 0 aliphatic carbocycles. The van der Waals surface area contributed by atoms with Gasteiger partial charge in [0.05, 0.1) is 5.02 Å². The minimum absolute atomic E-state index is 0.0275. The Kier molecular flexibility index (Phi) is 8.34. The van der Waals surface area contributed by atoms with Crippen LogP contribution in [-0.4, -0.2) is 39.4 Å². The van der Waals surface area contributed by atoms with Crippen LogP contribution in [0, 0.1) is 6.92 Å². The first-order valence-corrected chi connectivity index (χ1v) is 9.90. The molecule has 7 nitrogen and oxygen atoms in total. The van der Waals surface area contributed by atoms with Crippen molar-refractivity contribution in [1.29, 1.82) is 0 Å². The lowest BCUT2D eigenvalue weighted by Gasteiger charge is -2.18. The van der Waals surface area contributed by atoms with Gasteiger partial charge in [0.1, 0.15) is 10.9 Å². The van der Waals surface area contributed by atoms with Gasteiger partial charge in [0.15, 0.2) is 0 Å². The van der Waals surface area contributed by atoms with E-state index in [0.717, 1.165) is 5.56 Å². The van der Waals surface area contributed by atoms with Crippen molar-refractivity contribution in [2.24, 2.45) is 0 Å². The second-order valence-corrected chi connectivity index (χ2v) is 7.58. The van der Waals surface area contributed by atoms with Gasteiger partial charge in [-0.25, -0.2) is 8.42 Å². The molecule has 0 heterocycles. The highest BCUT2D eigenvalue weighted by molar-refractivity contribution is 7.89. The van der Waals surface area contributed by atoms with Crippen molar-refractivity contribution in [3.63, 3.8) is 0 Å². The van der Waals surface area contributed by atoms with Gasteiger partial charge in [-0.1, -0.05) is 17.7 Å². The van der Waals surface area contributed by atoms with Crippen molar-refractivity contribution >= 4 is 33.4 Å². The van der Waals surface area contributed by atoms with E-state index in [0.29, 0.717) is 13.1 Å². The number of hydrogen-bond acceptors (Lipinski definition) is 4. The molecule has 0 radical (unpaired) electrons. The first-order valence-electron chi connectivity index (χ1n) is 8.04. The molecule has 0 bridgehead atoms. The molecular formula is C16H24ClN3O4S. The molecule has 0 saturated heterocycles. The zero-order valence-corrected chi connectivity index (χ0v) is 16.1. The van der Waals surface area contributed by atoms with Gasteiger partial charge in [-0.2, -0.15) is 4.72 Å². The molecule has 0 aromatic heterocycles. The molecule has 0 aliphatic heterocycles. The Labute approximate surface area is 153 Å². The molecule has 140 valence electrons. The van der Waals surface area contributed by atoms with Crippen molar-refractivity contribution in [2.75, 3.05) is 13.1 Å². The third kappa shape index (κ3) is 6.64. The molecule has 9 heteroatoms. The minimum Gasteiger partial charge on any atom is -0.356 e. The van der Waals surface area contributed by atoms with Crippen LogP contribution in [0.2, 0.25) is 5.02 Å². The third-order valence-electron chi connectivity index (χ3n) is 3.38. The Morgan fingerprint density at radius 2 is 1.80 bits per heavy atom. The Balaban J connectivity index is 3.00. The van der Waals surface area contributed by atoms with Crippen LogP contribution in [0.5, 0.6) is 0 Å². The highest BCUT2D eigenvalue weighted by atomic mass is 35.5. The monoisotopic (exact) mass is 389 g/mol. The molecule has 0 aliphatic rings. The van der Waals surface area contributed by atoms with Crippen molar-refractivity contribution in [1.82, 2.24) is 15.4 Å². The Morgan fingerprint density at radius 3 is 2.40 bits per heavy atom. The zero-order chi connectivity index (χ0) is 19.0. The first kappa shape index (κ1) is 21.4. The number of halogens is 1. The smallest absolute Gasteiger partial charge is 0.242 e. The molecule has 1 aromatic carbocycles. The summed E-state index contributed by atoms with van der Waals surface area (Å²) in [6.07, 6.45) is 0.0695. The van der Waals surface area contributed by atoms with Crippen molar-refractivity contribution < 1.29 is 18.0 Å². The summed E-state index contributed by atoms with van der Waals surface area (Å²) < 4.78 is 27.6. The quantitative estimate of drug-likeness (QED) is 0.592. The summed E-state index contributed by atoms with van der Waals surface area (Å²) in [4.78, 5) is 23.7. The van der Waals surface area contributed by atoms with E-state index in [4.69, 9.17) is 11.6 Å². The van der Waals surface area contributed by atoms with E-state index >= 15 is 0 Å². The van der Waals surface area contributed by atoms with Crippen LogP contribution in [0.1, 0.15) is 32.3 Å². The number of likely N-dealkylation sites (N-methyl/N-ethyl adjacent to an activating group) is 1. The molecule has 0 spiro atoms. The van der Waals surface area contributed by atoms with Crippen LogP contribution in [0.25, 0.3) is 0 Å². The summed E-state index contributed by atoms with van der Waals surface area (Å²) in [5.74, 6) is -0.733. The number of sulfonamides is 1. The van der Waals surface area contributed by atoms with Crippen molar-refractivity contribution in [3.05, 3.63) is 28.8 Å². The summed E-state index contributed by atoms with van der Waals surface area (Å²) >= 11 is 5.99. The summed E-state index contributed by atoms with van der Waals surface area (Å²) in [5, 5.41) is 5.25. The van der Waals surface area contributed by atoms with E-state index in [1.54, 1.807) is 26.8 Å². The number of amides is 2. The minimum atomic E-state index is -4.01. The lowest BCUT2D eigenvalue weighted by atomic mass is 10.1. The van der Waals surface area contributed by atoms with E-state index in [9.17, 15) is 18.0 Å². The molecule has 1 aromatic rings. The van der Waals surface area contributed by atoms with Crippen LogP contribution in [0.15, 0.2) is 23.1 Å². The maximum absolute atomic E-state index is 12.6. The van der Waals surface area contributed by atoms with E-state index in [1.165, 1.54) is 12.1 Å². The number of benzene rings is 1. The predicted molar refractivity (Wildman–Crippen MR) is 96.9 cm³/mol. The molecular weight excluding hydrogens is 366 g/mol. The van der Waals surface area contributed by atoms with Crippen LogP contribution in [0.4, 0.5) is 0 Å². The maximum atomic E-state index is 12.6. The summed E-state index contributed by atoms with van der Waals surface area (Å²) in [6, 6.07) is 3.55. The molecule has 1 rings (SSSR count). The van der Waals surface area contributed by atoms with Crippen molar-refractivity contribution in [3.8, 4) is 0 Å². The molecule has 0 unspecified atom stereocenters. The van der Waals surface area contributed by atoms with Gasteiger partial charge in [0, 0.05) is 19.5 Å². The highest BCUT2D eigenvalue weighted by Crippen LogP contribution is 2.22. The van der Waals surface area contributed by atoms with Crippen molar-refractivity contribution in [2.45, 2.75) is 44.6 Å². The number of carbonyl (C=O) groups excluding carboxylic acids is 2. The van der Waals surface area contributed by atoms with Gasteiger partial charge in [0.25, 0.3) is 0 Å². The Bertz CT molecular complexity index is 722. The average Bonchev–Trinajstić information content (AvgIpc) is 2.54. The van der Waals surface area contributed by atoms with Gasteiger partial charge in [0.2, 0.25) is 21.8 Å². The highest BCUT2D eigenvalue weighted by Gasteiger charge is 2.27. The molecule has 25 heavy (non-hydrogen) atoms. The fraction of sp³-hybridized carbons (Fsp3) is 0.500. The lowest BCUT2D eigenvalue weighted by molar-refractivity contribution is -0.123. The van der Waals surface area contributed by atoms with Gasteiger partial charge >= 0.3 is 0 Å². The number of carbonyl (C=O) groups is 2. The number of nitrogens with one attached hydrogen (secondary N) is 3. The zero-order valence-electron chi connectivity index (χ0n) is 14.6. The largest absolute Gasteiger partial charge is 0.356 e. The lowest BCUT2D eigenvalue weighted by Crippen LogP contribution is -2.47. The molecule has 2 amide bonds. The van der Waals surface area contributed by atoms with Gasteiger partial charge in [-0.05, 0) is 44.9 Å². The molecule has 1 atom stereocenters. The van der Waals surface area contributed by atoms with Crippen LogP contribution in [0.3, 0.4) is 0 Å². The van der Waals surface area contributed by atoms with Crippen LogP contribution >= 0.6 is 11.6 Å². The maximum Gasteiger partial charge on any atom is 0.242 e. The summed E-state index contributed by atoms with van der Waals surface area (Å²) in [7, 11) is -4.01. The predicted octanol–water partition coefficient (Wildman–Crippen LogP) is 1.35. The van der Waals surface area contributed by atoms with Crippen LogP contribution in [-0.2, 0) is 19.6 Å². The fourth-order valence-electron chi connectivity index (χ4n) is 2.17. The van der Waals surface area contributed by atoms with E-state index in [1.807, 2.05) is 0 Å². The van der Waals surface area contributed by atoms with Gasteiger partial charge < -0.3 is 10.6 Å². The first-order chi connectivity index (χ1) is 11.7. The summed E-state index contributed by atoms with van der Waals surface area (Å²) in [5.41, 5.74) is 0.724. The number of aryl methyl sites for hydroxylation is 1. The molecule has 0 fully saturated rings. The summed E-state index contributed by atoms with van der Waals surface area (Å²) in [6.45, 7) is 6.07. The SMILES string of the molecule is CCNC(=O)CC[C@H](NS(=O)(=O)c1cc(C)ccc1Cl)C(=O)NCC. The Hall–Kier alpha value is -1.64. The molecule has 3 N–H and O–H groups in total. The standard InChI is InChI=1S/C16H24ClN3O4S/c1-4-18-15(21)9-8-13(16(22)19-5-2)20-25(23,24)14-10-11(3)6-7-12(14)17/h6-7,10,13,20H,4-5,8-9H2,1-3H3,(H,18,21)(H,19,22)/t13-/m0/s1. The second-order valence-electron chi connectivity index (χ2n) is 5.49. The van der Waals surface area contributed by atoms with Crippen LogP contribution < -0.4 is 15.4 Å². The van der Waals surface area contributed by atoms with Gasteiger partial charge in [-0.15, -0.1) is 0 Å². The van der Waals surface area contributed by atoms with Gasteiger partial charge in [-0.3, -0.25) is 9.59 Å². The number of rotatable bonds is 9. The average molecular weight is 390 g/mol. The topological polar surface area (TPSA) is 104 Å². The van der Waals surface area contributed by atoms with E-state index in [2.05, 4.69) is 15.4 Å².